The molecule has 0 radical (unpaired) electrons. The molecule has 1 aromatic heterocycles. The number of carbonyl (C=O) groups is 2. The fraction of sp³-hybridized carbons (Fsp3) is 0.833. The van der Waals surface area contributed by atoms with E-state index in [1.807, 2.05) is 27.2 Å². The molecule has 0 amide bonds. The molecule has 360 valence electrons. The van der Waals surface area contributed by atoms with Crippen molar-refractivity contribution < 1.29 is 61.8 Å². The van der Waals surface area contributed by atoms with E-state index in [1.165, 1.54) is 24.0 Å². The van der Waals surface area contributed by atoms with E-state index in [0.29, 0.717) is 36.7 Å². The quantitative estimate of drug-likeness (QED) is 0.0192. The van der Waals surface area contributed by atoms with Crippen LogP contribution in [0.1, 0.15) is 171 Å². The summed E-state index contributed by atoms with van der Waals surface area (Å²) in [4.78, 5) is 38.0. The lowest BCUT2D eigenvalue weighted by Crippen LogP contribution is -2.37. The summed E-state index contributed by atoms with van der Waals surface area (Å²) < 4.78 is 40.2. The summed E-state index contributed by atoms with van der Waals surface area (Å²) in [7, 11) is 1.02. The second kappa shape index (κ2) is 30.9. The molecule has 1 unspecified atom stereocenters. The molecule has 3 N–H and O–H groups in total. The van der Waals surface area contributed by atoms with Gasteiger partial charge in [-0.15, -0.1) is 0 Å². The van der Waals surface area contributed by atoms with Crippen LogP contribution in [-0.2, 0) is 45.5 Å². The number of rotatable bonds is 36. The molecule has 0 spiro atoms. The Morgan fingerprint density at radius 2 is 1.35 bits per heavy atom. The Kier molecular flexibility index (Phi) is 28.0. The number of quaternary nitrogens is 1. The summed E-state index contributed by atoms with van der Waals surface area (Å²) in [5.74, 6) is 0.946. The van der Waals surface area contributed by atoms with Crippen molar-refractivity contribution in [1.29, 1.82) is 0 Å². The molecule has 62 heavy (non-hydrogen) atoms. The normalized spacial score (nSPS) is 20.1. The molecule has 7 atom stereocenters. The van der Waals surface area contributed by atoms with E-state index in [2.05, 4.69) is 27.7 Å². The van der Waals surface area contributed by atoms with Crippen LogP contribution < -0.4 is 4.89 Å². The molecule has 1 fully saturated rings. The van der Waals surface area contributed by atoms with E-state index in [9.17, 15) is 34.4 Å². The van der Waals surface area contributed by atoms with Crippen LogP contribution in [0.2, 0.25) is 0 Å². The van der Waals surface area contributed by atoms with E-state index < -0.39 is 50.8 Å². The van der Waals surface area contributed by atoms with E-state index in [1.54, 1.807) is 6.08 Å². The molecule has 1 aliphatic rings. The number of likely N-dealkylation sites (N-methyl/N-ethyl adjacent to an activating group) is 1. The maximum atomic E-state index is 12.8. The van der Waals surface area contributed by atoms with Crippen molar-refractivity contribution in [2.24, 2.45) is 11.8 Å². The zero-order valence-corrected chi connectivity index (χ0v) is 40.5. The summed E-state index contributed by atoms with van der Waals surface area (Å²) in [5, 5.41) is 31.5. The first-order valence-electron chi connectivity index (χ1n) is 24.0. The molecule has 13 nitrogen and oxygen atoms in total. The molecule has 1 aromatic rings. The second-order valence-corrected chi connectivity index (χ2v) is 20.1. The van der Waals surface area contributed by atoms with Gasteiger partial charge in [-0.25, -0.2) is 0 Å². The van der Waals surface area contributed by atoms with Gasteiger partial charge in [0.1, 0.15) is 31.3 Å². The highest BCUT2D eigenvalue weighted by molar-refractivity contribution is 7.45. The minimum absolute atomic E-state index is 0.0733. The van der Waals surface area contributed by atoms with Crippen molar-refractivity contribution in [3.63, 3.8) is 0 Å². The van der Waals surface area contributed by atoms with Gasteiger partial charge in [0.05, 0.1) is 46.1 Å². The van der Waals surface area contributed by atoms with E-state index in [4.69, 9.17) is 22.9 Å². The Morgan fingerprint density at radius 1 is 0.790 bits per heavy atom. The third-order valence-corrected chi connectivity index (χ3v) is 13.1. The molecular formula is C48H86NO12P. The van der Waals surface area contributed by atoms with Gasteiger partial charge in [-0.3, -0.25) is 14.2 Å². The lowest BCUT2D eigenvalue weighted by molar-refractivity contribution is -0.870. The van der Waals surface area contributed by atoms with Crippen molar-refractivity contribution >= 4 is 19.8 Å². The molecule has 0 bridgehead atoms. The molecular weight excluding hydrogens is 813 g/mol. The SMILES string of the molecule is CCCCCc1oc(CCCCCCCCC(=O)O[C@H](COC(=O)CCCCCC[C@@H]2[C@@H](/C=C/[C@@H](O)CCCCC)[C@H](O)C[C@@H]2O)COP(=O)([O-])OCC[N+](C)(C)C)c(C)c1C. The topological polar surface area (TPSA) is 185 Å². The fourth-order valence-corrected chi connectivity index (χ4v) is 8.72. The van der Waals surface area contributed by atoms with E-state index >= 15 is 0 Å². The highest BCUT2D eigenvalue weighted by Gasteiger charge is 2.39. The van der Waals surface area contributed by atoms with Crippen molar-refractivity contribution in [2.75, 3.05) is 47.5 Å². The number of unbranched alkanes of at least 4 members (excludes halogenated alkanes) is 12. The molecule has 1 saturated carbocycles. The average Bonchev–Trinajstić information content (AvgIpc) is 3.63. The number of esters is 2. The van der Waals surface area contributed by atoms with Crippen LogP contribution in [0.3, 0.4) is 0 Å². The van der Waals surface area contributed by atoms with Gasteiger partial charge in [0, 0.05) is 38.0 Å². The highest BCUT2D eigenvalue weighted by Crippen LogP contribution is 2.39. The Balaban J connectivity index is 1.75. The van der Waals surface area contributed by atoms with Crippen LogP contribution in [-0.4, -0.2) is 104 Å². The third kappa shape index (κ3) is 24.3. The largest absolute Gasteiger partial charge is 0.756 e. The van der Waals surface area contributed by atoms with Crippen LogP contribution in [0.25, 0.3) is 0 Å². The lowest BCUT2D eigenvalue weighted by Gasteiger charge is -2.28. The molecule has 0 saturated heterocycles. The van der Waals surface area contributed by atoms with Crippen LogP contribution in [0.5, 0.6) is 0 Å². The molecule has 1 aliphatic carbocycles. The molecule has 2 rings (SSSR count). The van der Waals surface area contributed by atoms with Gasteiger partial charge >= 0.3 is 11.9 Å². The second-order valence-electron chi connectivity index (χ2n) is 18.7. The van der Waals surface area contributed by atoms with Crippen molar-refractivity contribution in [3.8, 4) is 0 Å². The van der Waals surface area contributed by atoms with Crippen LogP contribution in [0.4, 0.5) is 0 Å². The Labute approximate surface area is 374 Å². The molecule has 1 heterocycles. The van der Waals surface area contributed by atoms with E-state index in [-0.39, 0.29) is 37.9 Å². The number of ether oxygens (including phenoxy) is 2. The number of aliphatic hydroxyl groups excluding tert-OH is 3. The van der Waals surface area contributed by atoms with Gasteiger partial charge in [0.2, 0.25) is 0 Å². The Hall–Kier alpha value is -2.09. The number of carbonyl (C=O) groups excluding carboxylic acids is 2. The minimum Gasteiger partial charge on any atom is -0.756 e. The predicted octanol–water partition coefficient (Wildman–Crippen LogP) is 8.76. The zero-order chi connectivity index (χ0) is 46.0. The van der Waals surface area contributed by atoms with Crippen LogP contribution >= 0.6 is 7.82 Å². The van der Waals surface area contributed by atoms with Gasteiger partial charge in [0.15, 0.2) is 6.10 Å². The molecule has 14 heteroatoms. The number of nitrogens with zero attached hydrogens (tertiary/aromatic N) is 1. The summed E-state index contributed by atoms with van der Waals surface area (Å²) in [6, 6.07) is 0. The van der Waals surface area contributed by atoms with Gasteiger partial charge in [0.25, 0.3) is 7.82 Å². The third-order valence-electron chi connectivity index (χ3n) is 12.1. The van der Waals surface area contributed by atoms with Crippen molar-refractivity contribution in [3.05, 3.63) is 34.8 Å². The Bertz CT molecular complexity index is 1460. The predicted molar refractivity (Wildman–Crippen MR) is 241 cm³/mol. The summed E-state index contributed by atoms with van der Waals surface area (Å²) >= 11 is 0. The standard InChI is InChI=1S/C48H86NO12P/c1-8-10-18-24-39(50)30-31-42-41(43(51)34-44(42)52)25-20-16-17-22-28-47(53)57-35-40(36-59-62(55,56)58-33-32-49(5,6)7)60-48(54)29-23-15-13-12-14-21-27-46-38(4)37(3)45(61-46)26-19-11-9-2/h30-31,39-44,50-52H,8-29,32-36H2,1-7H3/b31-30+/t39-,40+,41+,42+,43-,44+/m0/s1. The van der Waals surface area contributed by atoms with Gasteiger partial charge in [-0.2, -0.15) is 0 Å². The summed E-state index contributed by atoms with van der Waals surface area (Å²) in [6.07, 6.45) is 20.0. The fourth-order valence-electron chi connectivity index (χ4n) is 7.99. The van der Waals surface area contributed by atoms with Gasteiger partial charge < -0.3 is 47.6 Å². The molecule has 0 aromatic carbocycles. The summed E-state index contributed by atoms with van der Waals surface area (Å²) in [5.41, 5.74) is 2.57. The number of phosphoric acid groups is 1. The monoisotopic (exact) mass is 900 g/mol. The number of aliphatic hydroxyl groups is 3. The maximum absolute atomic E-state index is 12.8. The first kappa shape index (κ1) is 56.0. The van der Waals surface area contributed by atoms with Gasteiger partial charge in [-0.05, 0) is 69.4 Å². The first-order valence-corrected chi connectivity index (χ1v) is 25.5. The number of hydrogen-bond donors (Lipinski definition) is 3. The van der Waals surface area contributed by atoms with Crippen molar-refractivity contribution in [1.82, 2.24) is 0 Å². The maximum Gasteiger partial charge on any atom is 0.306 e. The number of aryl methyl sites for hydroxylation is 2. The lowest BCUT2D eigenvalue weighted by atomic mass is 9.88. The first-order chi connectivity index (χ1) is 29.5. The van der Waals surface area contributed by atoms with Crippen molar-refractivity contribution in [2.45, 2.75) is 200 Å². The minimum atomic E-state index is -4.70. The van der Waals surface area contributed by atoms with Crippen LogP contribution in [0, 0.1) is 25.7 Å². The Morgan fingerprint density at radius 3 is 1.98 bits per heavy atom. The van der Waals surface area contributed by atoms with Gasteiger partial charge in [-0.1, -0.05) is 103 Å². The zero-order valence-electron chi connectivity index (χ0n) is 39.6. The highest BCUT2D eigenvalue weighted by atomic mass is 31.2. The number of phosphoric ester groups is 1. The average molecular weight is 900 g/mol. The summed E-state index contributed by atoms with van der Waals surface area (Å²) in [6.45, 7) is 8.12. The van der Waals surface area contributed by atoms with Crippen LogP contribution in [0.15, 0.2) is 16.6 Å². The number of furan rings is 1. The smallest absolute Gasteiger partial charge is 0.306 e. The number of hydrogen-bond acceptors (Lipinski definition) is 12. The van der Waals surface area contributed by atoms with E-state index in [0.717, 1.165) is 108 Å². The molecule has 0 aliphatic heterocycles.